The third-order valence-electron chi connectivity index (χ3n) is 3.80. The van der Waals surface area contributed by atoms with Gasteiger partial charge >= 0.3 is 0 Å². The fourth-order valence-electron chi connectivity index (χ4n) is 2.62. The molecule has 1 aromatic carbocycles. The number of aromatic nitrogens is 6. The van der Waals surface area contributed by atoms with E-state index in [1.807, 2.05) is 53.5 Å². The highest BCUT2D eigenvalue weighted by Crippen LogP contribution is 2.20. The third kappa shape index (κ3) is 2.83. The average molecular weight is 319 g/mol. The van der Waals surface area contributed by atoms with Crippen molar-refractivity contribution in [2.75, 3.05) is 11.9 Å². The SMILES string of the molecule is c1ccc(-c2nnc3c(NCCCn4ccnc4)nccn23)cc1. The molecule has 24 heavy (non-hydrogen) atoms. The van der Waals surface area contributed by atoms with Crippen molar-refractivity contribution in [1.82, 2.24) is 29.1 Å². The number of benzene rings is 1. The minimum Gasteiger partial charge on any atom is -0.367 e. The summed E-state index contributed by atoms with van der Waals surface area (Å²) >= 11 is 0. The molecule has 120 valence electrons. The maximum absolute atomic E-state index is 4.39. The number of rotatable bonds is 6. The Balaban J connectivity index is 1.51. The van der Waals surface area contributed by atoms with Crippen LogP contribution in [0.25, 0.3) is 17.0 Å². The van der Waals surface area contributed by atoms with Gasteiger partial charge < -0.3 is 9.88 Å². The molecule has 7 nitrogen and oxygen atoms in total. The molecule has 0 aliphatic heterocycles. The van der Waals surface area contributed by atoms with E-state index in [0.29, 0.717) is 0 Å². The molecule has 4 aromatic rings. The van der Waals surface area contributed by atoms with Gasteiger partial charge in [-0.05, 0) is 6.42 Å². The van der Waals surface area contributed by atoms with Crippen LogP contribution in [-0.4, -0.2) is 35.7 Å². The summed E-state index contributed by atoms with van der Waals surface area (Å²) in [5.41, 5.74) is 1.77. The molecule has 3 heterocycles. The Kier molecular flexibility index (Phi) is 3.89. The molecule has 3 aromatic heterocycles. The van der Waals surface area contributed by atoms with Crippen LogP contribution in [0.4, 0.5) is 5.82 Å². The largest absolute Gasteiger partial charge is 0.367 e. The van der Waals surface area contributed by atoms with E-state index < -0.39 is 0 Å². The Bertz CT molecular complexity index is 913. The van der Waals surface area contributed by atoms with E-state index in [0.717, 1.165) is 42.4 Å². The predicted octanol–water partition coefficient (Wildman–Crippen LogP) is 2.49. The highest BCUT2D eigenvalue weighted by atomic mass is 15.3. The van der Waals surface area contributed by atoms with Gasteiger partial charge in [0, 0.05) is 43.4 Å². The molecule has 0 spiro atoms. The molecule has 0 radical (unpaired) electrons. The Hall–Kier alpha value is -3.22. The lowest BCUT2D eigenvalue weighted by molar-refractivity contribution is 0.660. The molecule has 0 amide bonds. The smallest absolute Gasteiger partial charge is 0.203 e. The number of aryl methyl sites for hydroxylation is 1. The van der Waals surface area contributed by atoms with Gasteiger partial charge in [-0.3, -0.25) is 4.40 Å². The van der Waals surface area contributed by atoms with Crippen molar-refractivity contribution < 1.29 is 0 Å². The molecule has 0 unspecified atom stereocenters. The topological polar surface area (TPSA) is 72.9 Å². The van der Waals surface area contributed by atoms with E-state index in [-0.39, 0.29) is 0 Å². The van der Waals surface area contributed by atoms with Gasteiger partial charge in [0.05, 0.1) is 6.33 Å². The molecule has 0 saturated heterocycles. The molecule has 4 rings (SSSR count). The zero-order valence-corrected chi connectivity index (χ0v) is 13.1. The molecule has 0 atom stereocenters. The maximum atomic E-state index is 4.39. The number of nitrogens with one attached hydrogen (secondary N) is 1. The average Bonchev–Trinajstić information content (AvgIpc) is 3.29. The zero-order valence-electron chi connectivity index (χ0n) is 13.1. The maximum Gasteiger partial charge on any atom is 0.203 e. The Labute approximate surface area is 139 Å². The Morgan fingerprint density at radius 2 is 1.92 bits per heavy atom. The van der Waals surface area contributed by atoms with Gasteiger partial charge in [0.15, 0.2) is 11.6 Å². The van der Waals surface area contributed by atoms with Gasteiger partial charge in [-0.25, -0.2) is 9.97 Å². The standard InChI is InChI=1S/C17H17N7/c1-2-5-14(6-3-1)16-21-22-17-15(20-9-12-24(16)17)19-7-4-10-23-11-8-18-13-23/h1-3,5-6,8-9,11-13H,4,7,10H2,(H,19,20). The van der Waals surface area contributed by atoms with E-state index in [2.05, 4.69) is 30.0 Å². The highest BCUT2D eigenvalue weighted by molar-refractivity contribution is 5.67. The molecule has 0 aliphatic carbocycles. The van der Waals surface area contributed by atoms with Crippen molar-refractivity contribution >= 4 is 11.5 Å². The van der Waals surface area contributed by atoms with Crippen LogP contribution in [0, 0.1) is 0 Å². The van der Waals surface area contributed by atoms with Crippen molar-refractivity contribution in [1.29, 1.82) is 0 Å². The van der Waals surface area contributed by atoms with E-state index >= 15 is 0 Å². The number of imidazole rings is 1. The van der Waals surface area contributed by atoms with Gasteiger partial charge in [-0.2, -0.15) is 0 Å². The van der Waals surface area contributed by atoms with Crippen molar-refractivity contribution in [2.45, 2.75) is 13.0 Å². The summed E-state index contributed by atoms with van der Waals surface area (Å²) in [6, 6.07) is 10.0. The summed E-state index contributed by atoms with van der Waals surface area (Å²) in [5.74, 6) is 1.56. The van der Waals surface area contributed by atoms with Crippen molar-refractivity contribution in [3.05, 3.63) is 61.4 Å². The summed E-state index contributed by atoms with van der Waals surface area (Å²) in [7, 11) is 0. The van der Waals surface area contributed by atoms with Crippen molar-refractivity contribution in [2.24, 2.45) is 0 Å². The van der Waals surface area contributed by atoms with Crippen LogP contribution >= 0.6 is 0 Å². The van der Waals surface area contributed by atoms with Crippen LogP contribution in [0.2, 0.25) is 0 Å². The minimum atomic E-state index is 0.735. The Morgan fingerprint density at radius 3 is 2.75 bits per heavy atom. The summed E-state index contributed by atoms with van der Waals surface area (Å²) in [6.45, 7) is 1.72. The first kappa shape index (κ1) is 14.4. The summed E-state index contributed by atoms with van der Waals surface area (Å²) in [4.78, 5) is 8.44. The highest BCUT2D eigenvalue weighted by Gasteiger charge is 2.11. The molecule has 7 heteroatoms. The second-order valence-electron chi connectivity index (χ2n) is 5.44. The fraction of sp³-hybridized carbons (Fsp3) is 0.176. The van der Waals surface area contributed by atoms with Gasteiger partial charge in [0.25, 0.3) is 0 Å². The number of nitrogens with zero attached hydrogens (tertiary/aromatic N) is 6. The number of hydrogen-bond acceptors (Lipinski definition) is 5. The van der Waals surface area contributed by atoms with Gasteiger partial charge in [0.2, 0.25) is 5.65 Å². The first-order valence-corrected chi connectivity index (χ1v) is 7.86. The van der Waals surface area contributed by atoms with Crippen molar-refractivity contribution in [3.63, 3.8) is 0 Å². The molecule has 0 aliphatic rings. The quantitative estimate of drug-likeness (QED) is 0.553. The van der Waals surface area contributed by atoms with Crippen LogP contribution in [0.5, 0.6) is 0 Å². The van der Waals surface area contributed by atoms with E-state index in [4.69, 9.17) is 0 Å². The fourth-order valence-corrected chi connectivity index (χ4v) is 2.62. The van der Waals surface area contributed by atoms with Crippen molar-refractivity contribution in [3.8, 4) is 11.4 Å². The number of fused-ring (bicyclic) bond motifs is 1. The van der Waals surface area contributed by atoms with Crippen LogP contribution in [0.1, 0.15) is 6.42 Å². The van der Waals surface area contributed by atoms with E-state index in [1.54, 1.807) is 12.4 Å². The van der Waals surface area contributed by atoms with Gasteiger partial charge in [-0.1, -0.05) is 30.3 Å². The molecule has 1 N–H and O–H groups in total. The van der Waals surface area contributed by atoms with Crippen LogP contribution in [0.15, 0.2) is 61.4 Å². The van der Waals surface area contributed by atoms with Crippen LogP contribution in [0.3, 0.4) is 0 Å². The lowest BCUT2D eigenvalue weighted by Crippen LogP contribution is -2.08. The molecular weight excluding hydrogens is 302 g/mol. The molecule has 0 bridgehead atoms. The normalized spacial score (nSPS) is 11.0. The van der Waals surface area contributed by atoms with Crippen LogP contribution in [-0.2, 0) is 6.54 Å². The molecule has 0 fully saturated rings. The lowest BCUT2D eigenvalue weighted by Gasteiger charge is -2.07. The first-order valence-electron chi connectivity index (χ1n) is 7.86. The minimum absolute atomic E-state index is 0.735. The molecule has 0 saturated carbocycles. The predicted molar refractivity (Wildman–Crippen MR) is 91.6 cm³/mol. The third-order valence-corrected chi connectivity index (χ3v) is 3.80. The summed E-state index contributed by atoms with van der Waals surface area (Å²) < 4.78 is 4.01. The zero-order chi connectivity index (χ0) is 16.2. The lowest BCUT2D eigenvalue weighted by atomic mass is 10.2. The van der Waals surface area contributed by atoms with Gasteiger partial charge in [0.1, 0.15) is 0 Å². The van der Waals surface area contributed by atoms with Gasteiger partial charge in [-0.15, -0.1) is 10.2 Å². The van der Waals surface area contributed by atoms with E-state index in [9.17, 15) is 0 Å². The van der Waals surface area contributed by atoms with E-state index in [1.165, 1.54) is 0 Å². The molecular formula is C17H17N7. The number of anilines is 1. The second kappa shape index (κ2) is 6.49. The summed E-state index contributed by atoms with van der Waals surface area (Å²) in [5, 5.41) is 12.0. The first-order chi connectivity index (χ1) is 11.9. The number of hydrogen-bond donors (Lipinski definition) is 1. The summed E-state index contributed by atoms with van der Waals surface area (Å²) in [6.07, 6.45) is 10.2. The second-order valence-corrected chi connectivity index (χ2v) is 5.44. The monoisotopic (exact) mass is 319 g/mol. The van der Waals surface area contributed by atoms with Crippen LogP contribution < -0.4 is 5.32 Å². The Morgan fingerprint density at radius 1 is 1.00 bits per heavy atom.